The zero-order valence-corrected chi connectivity index (χ0v) is 18.0. The van der Waals surface area contributed by atoms with Gasteiger partial charge in [0, 0.05) is 25.7 Å². The average molecular weight is 403 g/mol. The van der Waals surface area contributed by atoms with E-state index < -0.39 is 10.0 Å². The van der Waals surface area contributed by atoms with Gasteiger partial charge in [0.1, 0.15) is 0 Å². The molecule has 0 saturated carbocycles. The number of aryl methyl sites for hydroxylation is 4. The SMILES string of the molecule is Cc1cccc(C(CNS(=O)(=O)c2c(C)cc(C)cc2C)N2CCOCC2)c1. The van der Waals surface area contributed by atoms with Gasteiger partial charge in [0.15, 0.2) is 0 Å². The normalized spacial score (nSPS) is 16.9. The minimum absolute atomic E-state index is 0.0235. The maximum atomic E-state index is 13.1. The summed E-state index contributed by atoms with van der Waals surface area (Å²) in [5.41, 5.74) is 4.93. The van der Waals surface area contributed by atoms with E-state index in [1.807, 2.05) is 39.0 Å². The molecule has 0 aromatic heterocycles. The van der Waals surface area contributed by atoms with Crippen LogP contribution in [0.4, 0.5) is 0 Å². The molecular formula is C22H30N2O3S. The highest BCUT2D eigenvalue weighted by atomic mass is 32.2. The Morgan fingerprint density at radius 1 is 1.00 bits per heavy atom. The standard InChI is InChI=1S/C22H30N2O3S/c1-16-6-5-7-20(14-16)21(24-8-10-27-11-9-24)15-23-28(25,26)22-18(3)12-17(2)13-19(22)4/h5-7,12-14,21,23H,8-11,15H2,1-4H3. The largest absolute Gasteiger partial charge is 0.379 e. The predicted octanol–water partition coefficient (Wildman–Crippen LogP) is 3.27. The lowest BCUT2D eigenvalue weighted by molar-refractivity contribution is 0.0172. The summed E-state index contributed by atoms with van der Waals surface area (Å²) in [6.45, 7) is 11.0. The first-order chi connectivity index (χ1) is 13.3. The molecule has 3 rings (SSSR count). The fourth-order valence-corrected chi connectivity index (χ4v) is 5.56. The highest BCUT2D eigenvalue weighted by Crippen LogP contribution is 2.25. The number of nitrogens with zero attached hydrogens (tertiary/aromatic N) is 1. The van der Waals surface area contributed by atoms with Gasteiger partial charge in [0.05, 0.1) is 18.1 Å². The number of hydrogen-bond donors (Lipinski definition) is 1. The third-order valence-corrected chi connectivity index (χ3v) is 6.98. The molecule has 0 spiro atoms. The average Bonchev–Trinajstić information content (AvgIpc) is 2.61. The number of rotatable bonds is 6. The first-order valence-corrected chi connectivity index (χ1v) is 11.2. The van der Waals surface area contributed by atoms with E-state index in [0.29, 0.717) is 24.7 Å². The number of benzene rings is 2. The van der Waals surface area contributed by atoms with E-state index in [0.717, 1.165) is 35.3 Å². The fraction of sp³-hybridized carbons (Fsp3) is 0.455. The zero-order chi connectivity index (χ0) is 20.3. The van der Waals surface area contributed by atoms with Crippen molar-refractivity contribution in [3.05, 3.63) is 64.2 Å². The van der Waals surface area contributed by atoms with E-state index in [2.05, 4.69) is 34.7 Å². The van der Waals surface area contributed by atoms with Crippen LogP contribution in [0.3, 0.4) is 0 Å². The minimum atomic E-state index is -3.60. The highest BCUT2D eigenvalue weighted by molar-refractivity contribution is 7.89. The monoisotopic (exact) mass is 402 g/mol. The Balaban J connectivity index is 1.87. The summed E-state index contributed by atoms with van der Waals surface area (Å²) in [7, 11) is -3.60. The van der Waals surface area contributed by atoms with Crippen LogP contribution in [0.25, 0.3) is 0 Å². The van der Waals surface area contributed by atoms with Crippen molar-refractivity contribution < 1.29 is 13.2 Å². The van der Waals surface area contributed by atoms with Gasteiger partial charge >= 0.3 is 0 Å². The Kier molecular flexibility index (Phi) is 6.55. The van der Waals surface area contributed by atoms with E-state index in [4.69, 9.17) is 4.74 Å². The van der Waals surface area contributed by atoms with E-state index in [-0.39, 0.29) is 6.04 Å². The molecule has 28 heavy (non-hydrogen) atoms. The van der Waals surface area contributed by atoms with Gasteiger partial charge < -0.3 is 4.74 Å². The molecule has 5 nitrogen and oxygen atoms in total. The van der Waals surface area contributed by atoms with Gasteiger partial charge in [-0.2, -0.15) is 0 Å². The fourth-order valence-electron chi connectivity index (χ4n) is 4.08. The third-order valence-electron chi connectivity index (χ3n) is 5.25. The molecule has 0 aliphatic carbocycles. The van der Waals surface area contributed by atoms with Crippen LogP contribution in [0.15, 0.2) is 41.3 Å². The minimum Gasteiger partial charge on any atom is -0.379 e. The molecule has 152 valence electrons. The maximum absolute atomic E-state index is 13.1. The summed E-state index contributed by atoms with van der Waals surface area (Å²) < 4.78 is 34.6. The molecule has 1 aliphatic heterocycles. The number of morpholine rings is 1. The van der Waals surface area contributed by atoms with Crippen LogP contribution in [0.1, 0.15) is 33.9 Å². The number of ether oxygens (including phenoxy) is 1. The lowest BCUT2D eigenvalue weighted by atomic mass is 10.0. The summed E-state index contributed by atoms with van der Waals surface area (Å²) in [6.07, 6.45) is 0. The van der Waals surface area contributed by atoms with Crippen LogP contribution in [-0.4, -0.2) is 46.2 Å². The van der Waals surface area contributed by atoms with Crippen LogP contribution in [-0.2, 0) is 14.8 Å². The molecule has 2 aromatic rings. The van der Waals surface area contributed by atoms with Gasteiger partial charge in [0.2, 0.25) is 10.0 Å². The van der Waals surface area contributed by atoms with E-state index in [1.54, 1.807) is 0 Å². The van der Waals surface area contributed by atoms with Crippen molar-refractivity contribution in [1.82, 2.24) is 9.62 Å². The summed E-state index contributed by atoms with van der Waals surface area (Å²) in [5, 5.41) is 0. The van der Waals surface area contributed by atoms with Crippen LogP contribution >= 0.6 is 0 Å². The summed E-state index contributed by atoms with van der Waals surface area (Å²) in [6, 6.07) is 12.1. The van der Waals surface area contributed by atoms with E-state index in [1.165, 1.54) is 5.56 Å². The molecule has 1 unspecified atom stereocenters. The second-order valence-corrected chi connectivity index (χ2v) is 9.36. The third kappa shape index (κ3) is 4.81. The number of sulfonamides is 1. The number of nitrogens with one attached hydrogen (secondary N) is 1. The van der Waals surface area contributed by atoms with Crippen molar-refractivity contribution in [2.45, 2.75) is 38.6 Å². The second-order valence-electron chi connectivity index (χ2n) is 7.66. The van der Waals surface area contributed by atoms with Crippen LogP contribution in [0.2, 0.25) is 0 Å². The summed E-state index contributed by atoms with van der Waals surface area (Å²) in [5.74, 6) is 0. The maximum Gasteiger partial charge on any atom is 0.241 e. The van der Waals surface area contributed by atoms with Crippen molar-refractivity contribution >= 4 is 10.0 Å². The first kappa shape index (κ1) is 21.0. The van der Waals surface area contributed by atoms with E-state index in [9.17, 15) is 8.42 Å². The second kappa shape index (κ2) is 8.74. The Hall–Kier alpha value is -1.73. The molecule has 0 radical (unpaired) electrons. The molecule has 0 amide bonds. The van der Waals surface area contributed by atoms with Gasteiger partial charge in [-0.25, -0.2) is 13.1 Å². The molecule has 1 fully saturated rings. The summed E-state index contributed by atoms with van der Waals surface area (Å²) in [4.78, 5) is 2.69. The lowest BCUT2D eigenvalue weighted by Gasteiger charge is -2.35. The lowest BCUT2D eigenvalue weighted by Crippen LogP contribution is -2.44. The smallest absolute Gasteiger partial charge is 0.241 e. The Bertz CT molecular complexity index is 912. The molecule has 2 aromatic carbocycles. The molecule has 1 aliphatic rings. The quantitative estimate of drug-likeness (QED) is 0.806. The Labute approximate surface area is 168 Å². The molecule has 1 heterocycles. The number of hydrogen-bond acceptors (Lipinski definition) is 4. The molecule has 1 N–H and O–H groups in total. The van der Waals surface area contributed by atoms with Gasteiger partial charge in [-0.3, -0.25) is 4.90 Å². The zero-order valence-electron chi connectivity index (χ0n) is 17.2. The van der Waals surface area contributed by atoms with Gasteiger partial charge in [-0.05, 0) is 44.4 Å². The van der Waals surface area contributed by atoms with Crippen molar-refractivity contribution in [3.8, 4) is 0 Å². The Morgan fingerprint density at radius 2 is 1.64 bits per heavy atom. The van der Waals surface area contributed by atoms with Crippen molar-refractivity contribution in [2.75, 3.05) is 32.8 Å². The highest BCUT2D eigenvalue weighted by Gasteiger charge is 2.26. The summed E-state index contributed by atoms with van der Waals surface area (Å²) >= 11 is 0. The van der Waals surface area contributed by atoms with Gasteiger partial charge in [-0.15, -0.1) is 0 Å². The van der Waals surface area contributed by atoms with E-state index >= 15 is 0 Å². The molecule has 1 atom stereocenters. The van der Waals surface area contributed by atoms with Crippen LogP contribution < -0.4 is 4.72 Å². The first-order valence-electron chi connectivity index (χ1n) is 9.74. The van der Waals surface area contributed by atoms with Crippen LogP contribution in [0.5, 0.6) is 0 Å². The molecular weight excluding hydrogens is 372 g/mol. The predicted molar refractivity (Wildman–Crippen MR) is 112 cm³/mol. The van der Waals surface area contributed by atoms with Crippen molar-refractivity contribution in [1.29, 1.82) is 0 Å². The van der Waals surface area contributed by atoms with Crippen molar-refractivity contribution in [2.24, 2.45) is 0 Å². The van der Waals surface area contributed by atoms with Gasteiger partial charge in [-0.1, -0.05) is 47.5 Å². The van der Waals surface area contributed by atoms with Gasteiger partial charge in [0.25, 0.3) is 0 Å². The molecule has 1 saturated heterocycles. The molecule has 6 heteroatoms. The van der Waals surface area contributed by atoms with Crippen molar-refractivity contribution in [3.63, 3.8) is 0 Å². The van der Waals surface area contributed by atoms with Crippen LogP contribution in [0, 0.1) is 27.7 Å². The topological polar surface area (TPSA) is 58.6 Å². The molecule has 0 bridgehead atoms. The Morgan fingerprint density at radius 3 is 2.25 bits per heavy atom.